The van der Waals surface area contributed by atoms with Gasteiger partial charge in [0.15, 0.2) is 0 Å². The summed E-state index contributed by atoms with van der Waals surface area (Å²) in [7, 11) is 0. The van der Waals surface area contributed by atoms with Gasteiger partial charge in [-0.1, -0.05) is 0 Å². The van der Waals surface area contributed by atoms with Crippen LogP contribution in [0.1, 0.15) is 19.8 Å². The Morgan fingerprint density at radius 3 is 2.11 bits per heavy atom. The third kappa shape index (κ3) is 3.91. The molecular weight excluding hydrogens is 244 g/mol. The standard InChI is InChI=1S/C13H24N4O2/c1-11(18)16-6-8-17(9-7-16)12-2-4-15(5-3-12)10-13(14)19/h12H,2-10H2,1H3,(H2,14,19). The van der Waals surface area contributed by atoms with Crippen LogP contribution in [-0.4, -0.2) is 78.4 Å². The summed E-state index contributed by atoms with van der Waals surface area (Å²) in [5.41, 5.74) is 5.22. The van der Waals surface area contributed by atoms with E-state index in [0.29, 0.717) is 12.6 Å². The number of hydrogen-bond acceptors (Lipinski definition) is 4. The van der Waals surface area contributed by atoms with Crippen LogP contribution in [0.5, 0.6) is 0 Å². The van der Waals surface area contributed by atoms with Crippen molar-refractivity contribution in [2.75, 3.05) is 45.8 Å². The minimum atomic E-state index is -0.242. The van der Waals surface area contributed by atoms with Crippen molar-refractivity contribution < 1.29 is 9.59 Å². The molecule has 0 radical (unpaired) electrons. The van der Waals surface area contributed by atoms with E-state index in [-0.39, 0.29) is 11.8 Å². The molecule has 2 aliphatic heterocycles. The number of primary amides is 1. The molecule has 0 unspecified atom stereocenters. The Labute approximate surface area is 114 Å². The Morgan fingerprint density at radius 2 is 1.63 bits per heavy atom. The Hall–Kier alpha value is -1.14. The molecule has 2 amide bonds. The summed E-state index contributed by atoms with van der Waals surface area (Å²) >= 11 is 0. The number of amides is 2. The van der Waals surface area contributed by atoms with Gasteiger partial charge in [-0.2, -0.15) is 0 Å². The summed E-state index contributed by atoms with van der Waals surface area (Å²) in [4.78, 5) is 28.7. The van der Waals surface area contributed by atoms with Crippen molar-refractivity contribution in [2.45, 2.75) is 25.8 Å². The molecule has 2 aliphatic rings. The van der Waals surface area contributed by atoms with E-state index in [0.717, 1.165) is 52.1 Å². The minimum absolute atomic E-state index is 0.177. The molecule has 6 heteroatoms. The first kappa shape index (κ1) is 14.3. The number of piperazine rings is 1. The molecule has 2 heterocycles. The molecule has 0 aliphatic carbocycles. The van der Waals surface area contributed by atoms with Crippen molar-refractivity contribution in [2.24, 2.45) is 5.73 Å². The first-order valence-electron chi connectivity index (χ1n) is 7.06. The third-order valence-corrected chi connectivity index (χ3v) is 4.21. The number of nitrogens with zero attached hydrogens (tertiary/aromatic N) is 3. The van der Waals surface area contributed by atoms with Crippen LogP contribution in [0.15, 0.2) is 0 Å². The fraction of sp³-hybridized carbons (Fsp3) is 0.846. The van der Waals surface area contributed by atoms with Crippen molar-refractivity contribution >= 4 is 11.8 Å². The van der Waals surface area contributed by atoms with E-state index in [1.807, 2.05) is 4.90 Å². The minimum Gasteiger partial charge on any atom is -0.369 e. The van der Waals surface area contributed by atoms with Gasteiger partial charge >= 0.3 is 0 Å². The highest BCUT2D eigenvalue weighted by molar-refractivity contribution is 5.75. The second-order valence-corrected chi connectivity index (χ2v) is 5.52. The fourth-order valence-electron chi connectivity index (χ4n) is 3.06. The van der Waals surface area contributed by atoms with Gasteiger partial charge in [-0.05, 0) is 12.8 Å². The number of carbonyl (C=O) groups excluding carboxylic acids is 2. The second-order valence-electron chi connectivity index (χ2n) is 5.52. The molecule has 0 saturated carbocycles. The lowest BCUT2D eigenvalue weighted by molar-refractivity contribution is -0.131. The summed E-state index contributed by atoms with van der Waals surface area (Å²) in [5, 5.41) is 0. The van der Waals surface area contributed by atoms with Crippen molar-refractivity contribution in [3.05, 3.63) is 0 Å². The molecule has 0 spiro atoms. The quantitative estimate of drug-likeness (QED) is 0.720. The summed E-state index contributed by atoms with van der Waals surface area (Å²) in [5.74, 6) is -0.0653. The Balaban J connectivity index is 1.74. The monoisotopic (exact) mass is 268 g/mol. The first-order chi connectivity index (χ1) is 9.06. The van der Waals surface area contributed by atoms with E-state index in [9.17, 15) is 9.59 Å². The van der Waals surface area contributed by atoms with Gasteiger partial charge in [-0.15, -0.1) is 0 Å². The summed E-state index contributed by atoms with van der Waals surface area (Å²) in [6, 6.07) is 0.596. The number of nitrogens with two attached hydrogens (primary N) is 1. The van der Waals surface area contributed by atoms with E-state index in [1.54, 1.807) is 6.92 Å². The summed E-state index contributed by atoms with van der Waals surface area (Å²) in [6.07, 6.45) is 2.18. The van der Waals surface area contributed by atoms with Crippen molar-refractivity contribution in [3.8, 4) is 0 Å². The Kier molecular flexibility index (Phi) is 4.76. The maximum absolute atomic E-state index is 11.3. The largest absolute Gasteiger partial charge is 0.369 e. The van der Waals surface area contributed by atoms with Gasteiger partial charge < -0.3 is 10.6 Å². The summed E-state index contributed by atoms with van der Waals surface area (Å²) < 4.78 is 0. The topological polar surface area (TPSA) is 69.9 Å². The van der Waals surface area contributed by atoms with Gasteiger partial charge in [0.05, 0.1) is 6.54 Å². The molecule has 6 nitrogen and oxygen atoms in total. The van der Waals surface area contributed by atoms with E-state index in [2.05, 4.69) is 9.80 Å². The highest BCUT2D eigenvalue weighted by Crippen LogP contribution is 2.18. The highest BCUT2D eigenvalue weighted by atomic mass is 16.2. The predicted octanol–water partition coefficient (Wildman–Crippen LogP) is -0.900. The smallest absolute Gasteiger partial charge is 0.231 e. The van der Waals surface area contributed by atoms with Gasteiger partial charge in [-0.25, -0.2) is 0 Å². The lowest BCUT2D eigenvalue weighted by atomic mass is 10.0. The first-order valence-corrected chi connectivity index (χ1v) is 7.06. The maximum atomic E-state index is 11.3. The molecule has 0 aromatic carbocycles. The zero-order chi connectivity index (χ0) is 13.8. The third-order valence-electron chi connectivity index (χ3n) is 4.21. The molecule has 0 atom stereocenters. The SMILES string of the molecule is CC(=O)N1CCN(C2CCN(CC(N)=O)CC2)CC1. The van der Waals surface area contributed by atoms with Gasteiger partial charge in [0.1, 0.15) is 0 Å². The highest BCUT2D eigenvalue weighted by Gasteiger charge is 2.28. The molecule has 2 fully saturated rings. The van der Waals surface area contributed by atoms with Crippen LogP contribution in [-0.2, 0) is 9.59 Å². The molecule has 2 N–H and O–H groups in total. The van der Waals surface area contributed by atoms with Crippen LogP contribution in [0, 0.1) is 0 Å². The molecule has 19 heavy (non-hydrogen) atoms. The zero-order valence-corrected chi connectivity index (χ0v) is 11.7. The number of piperidine rings is 1. The van der Waals surface area contributed by atoms with E-state index in [4.69, 9.17) is 5.73 Å². The molecule has 0 aromatic heterocycles. The summed E-state index contributed by atoms with van der Waals surface area (Å²) in [6.45, 7) is 7.54. The molecule has 0 bridgehead atoms. The van der Waals surface area contributed by atoms with Crippen molar-refractivity contribution in [1.82, 2.24) is 14.7 Å². The molecule has 2 saturated heterocycles. The molecular formula is C13H24N4O2. The van der Waals surface area contributed by atoms with E-state index in [1.165, 1.54) is 0 Å². The zero-order valence-electron chi connectivity index (χ0n) is 11.7. The Morgan fingerprint density at radius 1 is 1.05 bits per heavy atom. The lowest BCUT2D eigenvalue weighted by Crippen LogP contribution is -2.54. The van der Waals surface area contributed by atoms with Crippen LogP contribution < -0.4 is 5.73 Å². The van der Waals surface area contributed by atoms with E-state index >= 15 is 0 Å². The number of rotatable bonds is 3. The van der Waals surface area contributed by atoms with Crippen molar-refractivity contribution in [1.29, 1.82) is 0 Å². The van der Waals surface area contributed by atoms with Crippen LogP contribution in [0.4, 0.5) is 0 Å². The van der Waals surface area contributed by atoms with Crippen LogP contribution >= 0.6 is 0 Å². The van der Waals surface area contributed by atoms with Gasteiger partial charge in [0.25, 0.3) is 0 Å². The van der Waals surface area contributed by atoms with Gasteiger partial charge in [0.2, 0.25) is 11.8 Å². The fourth-order valence-corrected chi connectivity index (χ4v) is 3.06. The normalized spacial score (nSPS) is 23.5. The molecule has 108 valence electrons. The van der Waals surface area contributed by atoms with Crippen LogP contribution in [0.25, 0.3) is 0 Å². The average molecular weight is 268 g/mol. The predicted molar refractivity (Wildman–Crippen MR) is 72.5 cm³/mol. The second kappa shape index (κ2) is 6.34. The van der Waals surface area contributed by atoms with Crippen LogP contribution in [0.3, 0.4) is 0 Å². The number of hydrogen-bond donors (Lipinski definition) is 1. The van der Waals surface area contributed by atoms with Gasteiger partial charge in [-0.3, -0.25) is 19.4 Å². The molecule has 2 rings (SSSR count). The number of carbonyl (C=O) groups is 2. The Bertz CT molecular complexity index is 332. The van der Waals surface area contributed by atoms with Crippen molar-refractivity contribution in [3.63, 3.8) is 0 Å². The van der Waals surface area contributed by atoms with Crippen LogP contribution in [0.2, 0.25) is 0 Å². The number of likely N-dealkylation sites (tertiary alicyclic amines) is 1. The lowest BCUT2D eigenvalue weighted by Gasteiger charge is -2.42. The van der Waals surface area contributed by atoms with E-state index < -0.39 is 0 Å². The van der Waals surface area contributed by atoms with Gasteiger partial charge in [0, 0.05) is 52.2 Å². The molecule has 0 aromatic rings. The average Bonchev–Trinajstić information content (AvgIpc) is 2.39. The maximum Gasteiger partial charge on any atom is 0.231 e.